The molecule has 0 spiro atoms. The minimum absolute atomic E-state index is 0.0166. The van der Waals surface area contributed by atoms with Crippen molar-refractivity contribution in [2.75, 3.05) is 5.32 Å². The van der Waals surface area contributed by atoms with Crippen molar-refractivity contribution < 1.29 is 9.90 Å². The Morgan fingerprint density at radius 3 is 2.62 bits per heavy atom. The van der Waals surface area contributed by atoms with Crippen LogP contribution in [-0.4, -0.2) is 17.1 Å². The van der Waals surface area contributed by atoms with Crippen LogP contribution in [0.25, 0.3) is 0 Å². The number of rotatable bonds is 4. The van der Waals surface area contributed by atoms with Crippen LogP contribution in [0.1, 0.15) is 19.3 Å². The van der Waals surface area contributed by atoms with E-state index in [1.165, 1.54) is 12.1 Å². The van der Waals surface area contributed by atoms with Gasteiger partial charge in [-0.15, -0.1) is 0 Å². The maximum Gasteiger partial charge on any atom is 0.225 e. The molecule has 0 heterocycles. The van der Waals surface area contributed by atoms with Crippen LogP contribution in [0.3, 0.4) is 0 Å². The van der Waals surface area contributed by atoms with Gasteiger partial charge in [0.05, 0.1) is 0 Å². The van der Waals surface area contributed by atoms with Gasteiger partial charge in [0.2, 0.25) is 5.91 Å². The Hall–Kier alpha value is -1.55. The minimum atomic E-state index is -0.0647. The van der Waals surface area contributed by atoms with Crippen molar-refractivity contribution in [3.05, 3.63) is 24.3 Å². The molecule has 0 saturated heterocycles. The number of carbonyl (C=O) groups is 1. The number of hydrogen-bond acceptors (Lipinski definition) is 3. The molecule has 86 valence electrons. The first kappa shape index (κ1) is 11.0. The van der Waals surface area contributed by atoms with Crippen LogP contribution >= 0.6 is 0 Å². The zero-order valence-corrected chi connectivity index (χ0v) is 9.02. The molecule has 1 aromatic carbocycles. The smallest absolute Gasteiger partial charge is 0.225 e. The third-order valence-electron chi connectivity index (χ3n) is 2.80. The molecule has 4 N–H and O–H groups in total. The van der Waals surface area contributed by atoms with E-state index in [0.717, 1.165) is 12.8 Å². The number of benzene rings is 1. The third-order valence-corrected chi connectivity index (χ3v) is 2.80. The maximum atomic E-state index is 11.6. The zero-order valence-electron chi connectivity index (χ0n) is 9.02. The molecular weight excluding hydrogens is 204 g/mol. The summed E-state index contributed by atoms with van der Waals surface area (Å²) >= 11 is 0. The number of nitrogens with one attached hydrogen (secondary N) is 1. The molecule has 4 heteroatoms. The average molecular weight is 220 g/mol. The van der Waals surface area contributed by atoms with E-state index >= 15 is 0 Å². The highest BCUT2D eigenvalue weighted by molar-refractivity contribution is 5.91. The summed E-state index contributed by atoms with van der Waals surface area (Å²) in [5.41, 5.74) is 6.54. The lowest BCUT2D eigenvalue weighted by molar-refractivity contribution is -0.116. The molecule has 1 saturated carbocycles. The van der Waals surface area contributed by atoms with Crippen LogP contribution in [-0.2, 0) is 4.79 Å². The maximum absolute atomic E-state index is 11.6. The molecule has 2 rings (SSSR count). The van der Waals surface area contributed by atoms with Gasteiger partial charge in [0.1, 0.15) is 5.75 Å². The summed E-state index contributed by atoms with van der Waals surface area (Å²) in [6.07, 6.45) is 2.66. The molecule has 0 aliphatic heterocycles. The van der Waals surface area contributed by atoms with Gasteiger partial charge in [-0.05, 0) is 43.0 Å². The molecular formula is C12H16N2O2. The number of anilines is 1. The largest absolute Gasteiger partial charge is 0.508 e. The fourth-order valence-corrected chi connectivity index (χ4v) is 1.66. The molecule has 1 aliphatic rings. The third kappa shape index (κ3) is 2.97. The predicted octanol–water partition coefficient (Wildman–Crippen LogP) is 1.46. The highest BCUT2D eigenvalue weighted by Crippen LogP contribution is 2.32. The van der Waals surface area contributed by atoms with Gasteiger partial charge in [0, 0.05) is 18.2 Å². The van der Waals surface area contributed by atoms with Gasteiger partial charge >= 0.3 is 0 Å². The monoisotopic (exact) mass is 220 g/mol. The minimum Gasteiger partial charge on any atom is -0.508 e. The lowest BCUT2D eigenvalue weighted by atomic mass is 10.1. The highest BCUT2D eigenvalue weighted by Gasteiger charge is 2.29. The Labute approximate surface area is 94.5 Å². The van der Waals surface area contributed by atoms with E-state index < -0.39 is 0 Å². The van der Waals surface area contributed by atoms with Crippen molar-refractivity contribution in [2.24, 2.45) is 11.7 Å². The van der Waals surface area contributed by atoms with Gasteiger partial charge < -0.3 is 16.2 Å². The van der Waals surface area contributed by atoms with Crippen molar-refractivity contribution in [2.45, 2.75) is 25.3 Å². The van der Waals surface area contributed by atoms with Crippen LogP contribution in [0.2, 0.25) is 0 Å². The second kappa shape index (κ2) is 4.53. The summed E-state index contributed by atoms with van der Waals surface area (Å²) < 4.78 is 0. The number of amides is 1. The summed E-state index contributed by atoms with van der Waals surface area (Å²) in [6, 6.07) is 6.38. The number of phenols is 1. The highest BCUT2D eigenvalue weighted by atomic mass is 16.3. The fraction of sp³-hybridized carbons (Fsp3) is 0.417. The van der Waals surface area contributed by atoms with Gasteiger partial charge in [-0.1, -0.05) is 0 Å². The average Bonchev–Trinajstić information content (AvgIpc) is 3.04. The van der Waals surface area contributed by atoms with E-state index in [1.807, 2.05) is 0 Å². The molecule has 16 heavy (non-hydrogen) atoms. The van der Waals surface area contributed by atoms with Crippen molar-refractivity contribution in [1.29, 1.82) is 0 Å². The molecule has 0 radical (unpaired) electrons. The molecule has 1 aliphatic carbocycles. The Balaban J connectivity index is 1.84. The molecule has 1 atom stereocenters. The number of hydrogen-bond donors (Lipinski definition) is 3. The SMILES string of the molecule is NC(CC(=O)Nc1ccc(O)cc1)C1CC1. The topological polar surface area (TPSA) is 75.4 Å². The van der Waals surface area contributed by atoms with Gasteiger partial charge in [0.25, 0.3) is 0 Å². The van der Waals surface area contributed by atoms with Crippen molar-refractivity contribution in [3.8, 4) is 5.75 Å². The molecule has 0 aromatic heterocycles. The fourth-order valence-electron chi connectivity index (χ4n) is 1.66. The van der Waals surface area contributed by atoms with Crippen LogP contribution in [0.4, 0.5) is 5.69 Å². The van der Waals surface area contributed by atoms with Gasteiger partial charge in [-0.3, -0.25) is 4.79 Å². The number of aromatic hydroxyl groups is 1. The van der Waals surface area contributed by atoms with E-state index in [-0.39, 0.29) is 17.7 Å². The number of carbonyl (C=O) groups excluding carboxylic acids is 1. The van der Waals surface area contributed by atoms with Crippen LogP contribution in [0, 0.1) is 5.92 Å². The Bertz CT molecular complexity index is 371. The van der Waals surface area contributed by atoms with E-state index in [4.69, 9.17) is 10.8 Å². The van der Waals surface area contributed by atoms with E-state index in [9.17, 15) is 4.79 Å². The Kier molecular flexibility index (Phi) is 3.10. The summed E-state index contributed by atoms with van der Waals surface area (Å²) in [5, 5.41) is 11.8. The first-order valence-corrected chi connectivity index (χ1v) is 5.49. The first-order chi connectivity index (χ1) is 7.65. The van der Waals surface area contributed by atoms with Crippen molar-refractivity contribution in [3.63, 3.8) is 0 Å². The normalized spacial score (nSPS) is 16.8. The molecule has 1 amide bonds. The van der Waals surface area contributed by atoms with Crippen molar-refractivity contribution in [1.82, 2.24) is 0 Å². The molecule has 1 unspecified atom stereocenters. The van der Waals surface area contributed by atoms with Crippen LogP contribution in [0.5, 0.6) is 5.75 Å². The molecule has 4 nitrogen and oxygen atoms in total. The van der Waals surface area contributed by atoms with Gasteiger partial charge in [-0.25, -0.2) is 0 Å². The Morgan fingerprint density at radius 2 is 2.06 bits per heavy atom. The van der Waals surface area contributed by atoms with Gasteiger partial charge in [-0.2, -0.15) is 0 Å². The quantitative estimate of drug-likeness (QED) is 0.672. The van der Waals surface area contributed by atoms with Crippen LogP contribution in [0.15, 0.2) is 24.3 Å². The molecule has 0 bridgehead atoms. The second-order valence-electron chi connectivity index (χ2n) is 4.30. The zero-order chi connectivity index (χ0) is 11.5. The summed E-state index contributed by atoms with van der Waals surface area (Å²) in [6.45, 7) is 0. The predicted molar refractivity (Wildman–Crippen MR) is 62.1 cm³/mol. The second-order valence-corrected chi connectivity index (χ2v) is 4.30. The van der Waals surface area contributed by atoms with E-state index in [1.54, 1.807) is 12.1 Å². The summed E-state index contributed by atoms with van der Waals surface area (Å²) in [7, 11) is 0. The first-order valence-electron chi connectivity index (χ1n) is 5.49. The van der Waals surface area contributed by atoms with E-state index in [0.29, 0.717) is 18.0 Å². The van der Waals surface area contributed by atoms with E-state index in [2.05, 4.69) is 5.32 Å². The number of nitrogens with two attached hydrogens (primary N) is 1. The standard InChI is InChI=1S/C12H16N2O2/c13-11(8-1-2-8)7-12(16)14-9-3-5-10(15)6-4-9/h3-6,8,11,15H,1-2,7,13H2,(H,14,16). The lowest BCUT2D eigenvalue weighted by Gasteiger charge is -2.10. The lowest BCUT2D eigenvalue weighted by Crippen LogP contribution is -2.28. The summed E-state index contributed by atoms with van der Waals surface area (Å²) in [4.78, 5) is 11.6. The van der Waals surface area contributed by atoms with Gasteiger partial charge in [0.15, 0.2) is 0 Å². The van der Waals surface area contributed by atoms with Crippen LogP contribution < -0.4 is 11.1 Å². The number of phenolic OH excluding ortho intramolecular Hbond substituents is 1. The van der Waals surface area contributed by atoms with Crippen molar-refractivity contribution >= 4 is 11.6 Å². The molecule has 1 fully saturated rings. The summed E-state index contributed by atoms with van der Waals surface area (Å²) in [5.74, 6) is 0.656. The molecule has 1 aromatic rings. The Morgan fingerprint density at radius 1 is 1.44 bits per heavy atom.